The number of para-hydroxylation sites is 2. The van der Waals surface area contributed by atoms with E-state index in [2.05, 4.69) is 15.5 Å². The van der Waals surface area contributed by atoms with Crippen molar-refractivity contribution in [2.45, 2.75) is 0 Å². The van der Waals surface area contributed by atoms with Gasteiger partial charge in [-0.1, -0.05) is 53.3 Å². The second-order valence-electron chi connectivity index (χ2n) is 6.20. The molecule has 4 aromatic rings. The molecule has 2 heterocycles. The zero-order valence-corrected chi connectivity index (χ0v) is 17.3. The van der Waals surface area contributed by atoms with Crippen molar-refractivity contribution in [3.8, 4) is 11.3 Å². The van der Waals surface area contributed by atoms with Crippen LogP contribution in [0.5, 0.6) is 0 Å². The average molecular weight is 453 g/mol. The number of furan rings is 1. The Morgan fingerprint density at radius 2 is 1.74 bits per heavy atom. The summed E-state index contributed by atoms with van der Waals surface area (Å²) in [5.41, 5.74) is 0.944. The summed E-state index contributed by atoms with van der Waals surface area (Å²) in [6.45, 7) is 0. The number of aromatic nitrogens is 2. The first-order chi connectivity index (χ1) is 15.0. The van der Waals surface area contributed by atoms with E-state index in [1.807, 2.05) is 18.2 Å². The Hall–Kier alpha value is -3.82. The first-order valence-corrected chi connectivity index (χ1v) is 10.1. The molecule has 0 aliphatic carbocycles. The summed E-state index contributed by atoms with van der Waals surface area (Å²) in [4.78, 5) is 23.1. The highest BCUT2D eigenvalue weighted by molar-refractivity contribution is 7.15. The number of halogens is 1. The Morgan fingerprint density at radius 3 is 2.52 bits per heavy atom. The molecule has 0 saturated carbocycles. The molecule has 0 saturated heterocycles. The minimum absolute atomic E-state index is 0.0586. The van der Waals surface area contributed by atoms with E-state index in [1.54, 1.807) is 42.5 Å². The maximum absolute atomic E-state index is 12.3. The quantitative estimate of drug-likeness (QED) is 0.297. The van der Waals surface area contributed by atoms with Crippen LogP contribution in [0.15, 0.2) is 71.1 Å². The second kappa shape index (κ2) is 8.90. The highest BCUT2D eigenvalue weighted by atomic mass is 35.5. The predicted octanol–water partition coefficient (Wildman–Crippen LogP) is 5.70. The second-order valence-corrected chi connectivity index (χ2v) is 7.59. The van der Waals surface area contributed by atoms with Crippen molar-refractivity contribution in [2.75, 3.05) is 5.32 Å². The van der Waals surface area contributed by atoms with E-state index in [-0.39, 0.29) is 15.7 Å². The highest BCUT2D eigenvalue weighted by Crippen LogP contribution is 2.32. The number of nitro benzene ring substituents is 1. The third-order valence-corrected chi connectivity index (χ3v) is 5.47. The van der Waals surface area contributed by atoms with Gasteiger partial charge in [0.05, 0.1) is 15.5 Å². The fourth-order valence-corrected chi connectivity index (χ4v) is 3.63. The van der Waals surface area contributed by atoms with Gasteiger partial charge in [-0.25, -0.2) is 0 Å². The van der Waals surface area contributed by atoms with Crippen molar-refractivity contribution >= 4 is 51.3 Å². The van der Waals surface area contributed by atoms with Crippen LogP contribution < -0.4 is 5.32 Å². The van der Waals surface area contributed by atoms with E-state index >= 15 is 0 Å². The standard InChI is InChI=1S/C21H13ClN4O4S/c22-16(20-24-25-21(31-20)19(27)23-13-6-2-1-3-7-13)12-14-10-11-18(30-14)15-8-4-5-9-17(15)26(28)29/h1-12H,(H,23,27)/b16-12-. The average Bonchev–Trinajstić information content (AvgIpc) is 3.44. The summed E-state index contributed by atoms with van der Waals surface area (Å²) in [5.74, 6) is 0.322. The van der Waals surface area contributed by atoms with Crippen LogP contribution in [0.25, 0.3) is 22.4 Å². The molecule has 0 atom stereocenters. The molecule has 0 aliphatic heterocycles. The molecule has 0 aliphatic rings. The fraction of sp³-hybridized carbons (Fsp3) is 0. The van der Waals surface area contributed by atoms with Gasteiger partial charge in [0.2, 0.25) is 5.01 Å². The first-order valence-electron chi connectivity index (χ1n) is 8.92. The number of hydrogen-bond acceptors (Lipinski definition) is 7. The third kappa shape index (κ3) is 4.68. The maximum atomic E-state index is 12.3. The monoisotopic (exact) mass is 452 g/mol. The number of nitro groups is 1. The van der Waals surface area contributed by atoms with E-state index in [4.69, 9.17) is 16.0 Å². The van der Waals surface area contributed by atoms with E-state index in [0.717, 1.165) is 11.3 Å². The summed E-state index contributed by atoms with van der Waals surface area (Å²) in [6.07, 6.45) is 1.51. The molecule has 0 fully saturated rings. The summed E-state index contributed by atoms with van der Waals surface area (Å²) >= 11 is 7.36. The van der Waals surface area contributed by atoms with Crippen LogP contribution in [-0.2, 0) is 0 Å². The van der Waals surface area contributed by atoms with Gasteiger partial charge < -0.3 is 9.73 Å². The number of benzene rings is 2. The minimum Gasteiger partial charge on any atom is -0.456 e. The predicted molar refractivity (Wildman–Crippen MR) is 119 cm³/mol. The molecule has 2 aromatic heterocycles. The highest BCUT2D eigenvalue weighted by Gasteiger charge is 2.18. The van der Waals surface area contributed by atoms with E-state index < -0.39 is 10.8 Å². The van der Waals surface area contributed by atoms with Gasteiger partial charge in [-0.05, 0) is 30.3 Å². The number of carbonyl (C=O) groups is 1. The number of anilines is 1. The third-order valence-electron chi connectivity index (χ3n) is 4.12. The summed E-state index contributed by atoms with van der Waals surface area (Å²) in [6, 6.07) is 18.5. The minimum atomic E-state index is -0.469. The van der Waals surface area contributed by atoms with E-state index in [1.165, 1.54) is 12.1 Å². The van der Waals surface area contributed by atoms with Gasteiger partial charge in [-0.15, -0.1) is 10.2 Å². The van der Waals surface area contributed by atoms with Crippen molar-refractivity contribution in [3.63, 3.8) is 0 Å². The van der Waals surface area contributed by atoms with Gasteiger partial charge in [-0.2, -0.15) is 0 Å². The van der Waals surface area contributed by atoms with Crippen molar-refractivity contribution < 1.29 is 14.1 Å². The number of carbonyl (C=O) groups excluding carboxylic acids is 1. The molecule has 0 spiro atoms. The number of amides is 1. The lowest BCUT2D eigenvalue weighted by Gasteiger charge is -2.00. The lowest BCUT2D eigenvalue weighted by molar-refractivity contribution is -0.384. The fourth-order valence-electron chi connectivity index (χ4n) is 2.72. The molecule has 31 heavy (non-hydrogen) atoms. The van der Waals surface area contributed by atoms with Crippen LogP contribution in [0.3, 0.4) is 0 Å². The Balaban J connectivity index is 1.52. The maximum Gasteiger partial charge on any atom is 0.286 e. The molecule has 8 nitrogen and oxygen atoms in total. The van der Waals surface area contributed by atoms with Crippen molar-refractivity contribution in [1.82, 2.24) is 10.2 Å². The summed E-state index contributed by atoms with van der Waals surface area (Å²) in [7, 11) is 0. The Labute approximate surface area is 185 Å². The normalized spacial score (nSPS) is 11.3. The van der Waals surface area contributed by atoms with Gasteiger partial charge in [0.25, 0.3) is 11.6 Å². The zero-order chi connectivity index (χ0) is 21.8. The van der Waals surface area contributed by atoms with Gasteiger partial charge in [-0.3, -0.25) is 14.9 Å². The Bertz CT molecular complexity index is 1280. The molecule has 4 rings (SSSR count). The lowest BCUT2D eigenvalue weighted by atomic mass is 10.1. The lowest BCUT2D eigenvalue weighted by Crippen LogP contribution is -2.11. The SMILES string of the molecule is O=C(Nc1ccccc1)c1nnc(/C(Cl)=C/c2ccc(-c3ccccc3[N+](=O)[O-])o2)s1. The van der Waals surface area contributed by atoms with Crippen molar-refractivity contribution in [1.29, 1.82) is 0 Å². The first kappa shape index (κ1) is 20.5. The van der Waals surface area contributed by atoms with Crippen LogP contribution in [0.4, 0.5) is 11.4 Å². The Kier molecular flexibility index (Phi) is 5.87. The molecule has 1 N–H and O–H groups in total. The smallest absolute Gasteiger partial charge is 0.286 e. The molecule has 1 amide bonds. The molecule has 154 valence electrons. The number of nitrogens with one attached hydrogen (secondary N) is 1. The zero-order valence-electron chi connectivity index (χ0n) is 15.7. The van der Waals surface area contributed by atoms with Gasteiger partial charge >= 0.3 is 0 Å². The van der Waals surface area contributed by atoms with Crippen LogP contribution in [0.1, 0.15) is 20.6 Å². The van der Waals surface area contributed by atoms with Crippen LogP contribution in [-0.4, -0.2) is 21.0 Å². The number of hydrogen-bond donors (Lipinski definition) is 1. The van der Waals surface area contributed by atoms with Crippen LogP contribution >= 0.6 is 22.9 Å². The molecule has 2 aromatic carbocycles. The van der Waals surface area contributed by atoms with Gasteiger partial charge in [0, 0.05) is 17.8 Å². The van der Waals surface area contributed by atoms with Gasteiger partial charge in [0.15, 0.2) is 5.01 Å². The van der Waals surface area contributed by atoms with Crippen LogP contribution in [0, 0.1) is 10.1 Å². The number of nitrogens with zero attached hydrogens (tertiary/aromatic N) is 3. The molecule has 10 heteroatoms. The van der Waals surface area contributed by atoms with Gasteiger partial charge in [0.1, 0.15) is 11.5 Å². The topological polar surface area (TPSA) is 111 Å². The van der Waals surface area contributed by atoms with E-state index in [9.17, 15) is 14.9 Å². The number of rotatable bonds is 6. The van der Waals surface area contributed by atoms with Crippen molar-refractivity contribution in [2.24, 2.45) is 0 Å². The largest absolute Gasteiger partial charge is 0.456 e. The molecule has 0 radical (unpaired) electrons. The molecule has 0 bridgehead atoms. The summed E-state index contributed by atoms with van der Waals surface area (Å²) in [5, 5.41) is 22.5. The van der Waals surface area contributed by atoms with E-state index in [0.29, 0.717) is 27.8 Å². The molecular formula is C21H13ClN4O4S. The Morgan fingerprint density at radius 1 is 1.03 bits per heavy atom. The van der Waals surface area contributed by atoms with Crippen molar-refractivity contribution in [3.05, 3.63) is 92.6 Å². The molecular weight excluding hydrogens is 440 g/mol. The molecule has 0 unspecified atom stereocenters. The summed E-state index contributed by atoms with van der Waals surface area (Å²) < 4.78 is 5.70. The van der Waals surface area contributed by atoms with Crippen LogP contribution in [0.2, 0.25) is 0 Å².